The molecule has 23 heavy (non-hydrogen) atoms. The first-order valence-electron chi connectivity index (χ1n) is 6.86. The monoisotopic (exact) mass is 338 g/mol. The Balaban J connectivity index is 1.96. The molecule has 1 atom stereocenters. The molecule has 0 radical (unpaired) electrons. The molecule has 3 amide bonds. The second-order valence-electron chi connectivity index (χ2n) is 5.00. The Morgan fingerprint density at radius 1 is 1.39 bits per heavy atom. The van der Waals surface area contributed by atoms with Crippen molar-refractivity contribution >= 4 is 23.3 Å². The van der Waals surface area contributed by atoms with Gasteiger partial charge in [-0.25, -0.2) is 9.78 Å². The van der Waals surface area contributed by atoms with E-state index in [-0.39, 0.29) is 30.3 Å². The fraction of sp³-hybridized carbons (Fsp3) is 0.462. The van der Waals surface area contributed by atoms with Crippen molar-refractivity contribution in [3.05, 3.63) is 27.3 Å². The number of thiazole rings is 1. The van der Waals surface area contributed by atoms with E-state index in [1.165, 1.54) is 4.90 Å². The topological polar surface area (TPSA) is 127 Å². The summed E-state index contributed by atoms with van der Waals surface area (Å²) < 4.78 is 4.64. The first-order chi connectivity index (χ1) is 10.8. The summed E-state index contributed by atoms with van der Waals surface area (Å²) in [5.74, 6) is -0.923. The fourth-order valence-electron chi connectivity index (χ4n) is 2.00. The SMILES string of the molecule is Cc1nc([C@H](C)N(C)C(=O)NCc2noc(C(N)=O)n2)c(C)s1. The Bertz CT molecular complexity index is 725. The minimum Gasteiger partial charge on any atom is -0.361 e. The number of primary amides is 1. The van der Waals surface area contributed by atoms with Crippen molar-refractivity contribution < 1.29 is 14.1 Å². The van der Waals surface area contributed by atoms with Gasteiger partial charge in [0.1, 0.15) is 0 Å². The molecule has 0 fully saturated rings. The first-order valence-corrected chi connectivity index (χ1v) is 7.68. The standard InChI is InChI=1S/C13H18N6O3S/c1-6(10-7(2)23-8(3)16-10)19(4)13(21)15-5-9-17-12(11(14)20)22-18-9/h6H,5H2,1-4H3,(H2,14,20)(H,15,21)/t6-/m0/s1. The third-order valence-corrected chi connectivity index (χ3v) is 4.22. The average Bonchev–Trinajstić information content (AvgIpc) is 3.09. The van der Waals surface area contributed by atoms with E-state index in [2.05, 4.69) is 25.0 Å². The second kappa shape index (κ2) is 6.73. The number of rotatable bonds is 5. The number of aromatic nitrogens is 3. The first kappa shape index (κ1) is 16.9. The van der Waals surface area contributed by atoms with Crippen molar-refractivity contribution in [2.45, 2.75) is 33.4 Å². The van der Waals surface area contributed by atoms with Crippen LogP contribution in [0.3, 0.4) is 0 Å². The lowest BCUT2D eigenvalue weighted by Gasteiger charge is -2.24. The molecule has 0 saturated carbocycles. The van der Waals surface area contributed by atoms with Crippen LogP contribution < -0.4 is 11.1 Å². The number of nitrogens with one attached hydrogen (secondary N) is 1. The van der Waals surface area contributed by atoms with Crippen molar-refractivity contribution in [2.24, 2.45) is 5.73 Å². The smallest absolute Gasteiger partial charge is 0.318 e. The Kier molecular flexibility index (Phi) is 4.94. The van der Waals surface area contributed by atoms with Crippen LogP contribution in [0.1, 0.15) is 45.1 Å². The Labute approximate surface area is 136 Å². The molecule has 0 bridgehead atoms. The van der Waals surface area contributed by atoms with Crippen molar-refractivity contribution in [3.8, 4) is 0 Å². The molecule has 2 aromatic rings. The van der Waals surface area contributed by atoms with Gasteiger partial charge in [-0.1, -0.05) is 5.16 Å². The number of carbonyl (C=O) groups excluding carboxylic acids is 2. The lowest BCUT2D eigenvalue weighted by molar-refractivity contribution is 0.0958. The van der Waals surface area contributed by atoms with E-state index in [0.717, 1.165) is 15.6 Å². The highest BCUT2D eigenvalue weighted by atomic mass is 32.1. The highest BCUT2D eigenvalue weighted by molar-refractivity contribution is 7.11. The zero-order valence-corrected chi connectivity index (χ0v) is 14.1. The van der Waals surface area contributed by atoms with Gasteiger partial charge in [0.25, 0.3) is 0 Å². The van der Waals surface area contributed by atoms with Crippen LogP contribution in [0.4, 0.5) is 4.79 Å². The molecule has 2 aromatic heterocycles. The van der Waals surface area contributed by atoms with Crippen LogP contribution in [0.15, 0.2) is 4.52 Å². The minimum atomic E-state index is -0.810. The van der Waals surface area contributed by atoms with Gasteiger partial charge in [0.2, 0.25) is 0 Å². The Hall–Kier alpha value is -2.49. The van der Waals surface area contributed by atoms with Gasteiger partial charge in [0.05, 0.1) is 23.3 Å². The lowest BCUT2D eigenvalue weighted by Crippen LogP contribution is -2.38. The number of carbonyl (C=O) groups is 2. The van der Waals surface area contributed by atoms with E-state index in [1.807, 2.05) is 20.8 Å². The molecular weight excluding hydrogens is 320 g/mol. The van der Waals surface area contributed by atoms with E-state index in [1.54, 1.807) is 18.4 Å². The summed E-state index contributed by atoms with van der Waals surface area (Å²) in [5, 5.41) is 7.17. The van der Waals surface area contributed by atoms with Gasteiger partial charge in [-0.05, 0) is 20.8 Å². The van der Waals surface area contributed by atoms with Gasteiger partial charge >= 0.3 is 17.8 Å². The van der Waals surface area contributed by atoms with Gasteiger partial charge in [0, 0.05) is 11.9 Å². The Morgan fingerprint density at radius 2 is 2.09 bits per heavy atom. The molecule has 3 N–H and O–H groups in total. The maximum absolute atomic E-state index is 12.2. The van der Waals surface area contributed by atoms with Crippen molar-refractivity contribution in [1.29, 1.82) is 0 Å². The molecule has 0 saturated heterocycles. The van der Waals surface area contributed by atoms with E-state index in [0.29, 0.717) is 0 Å². The minimum absolute atomic E-state index is 0.0295. The fourth-order valence-corrected chi connectivity index (χ4v) is 2.91. The van der Waals surface area contributed by atoms with Crippen LogP contribution in [0.2, 0.25) is 0 Å². The summed E-state index contributed by atoms with van der Waals surface area (Å²) in [7, 11) is 1.68. The number of amides is 3. The van der Waals surface area contributed by atoms with E-state index in [9.17, 15) is 9.59 Å². The molecule has 0 aliphatic heterocycles. The number of hydrogen-bond donors (Lipinski definition) is 2. The summed E-state index contributed by atoms with van der Waals surface area (Å²) in [6.07, 6.45) is 0. The maximum Gasteiger partial charge on any atom is 0.318 e. The predicted molar refractivity (Wildman–Crippen MR) is 82.8 cm³/mol. The van der Waals surface area contributed by atoms with Crippen LogP contribution >= 0.6 is 11.3 Å². The number of nitrogens with two attached hydrogens (primary N) is 1. The highest BCUT2D eigenvalue weighted by Crippen LogP contribution is 2.25. The summed E-state index contributed by atoms with van der Waals surface area (Å²) >= 11 is 1.60. The third-order valence-electron chi connectivity index (χ3n) is 3.31. The van der Waals surface area contributed by atoms with E-state index >= 15 is 0 Å². The normalized spacial score (nSPS) is 12.0. The zero-order chi connectivity index (χ0) is 17.1. The maximum atomic E-state index is 12.2. The van der Waals surface area contributed by atoms with Crippen LogP contribution in [0.25, 0.3) is 0 Å². The molecule has 0 unspecified atom stereocenters. The van der Waals surface area contributed by atoms with E-state index < -0.39 is 5.91 Å². The molecule has 0 aliphatic rings. The summed E-state index contributed by atoms with van der Waals surface area (Å²) in [6, 6.07) is -0.487. The van der Waals surface area contributed by atoms with Crippen LogP contribution in [0.5, 0.6) is 0 Å². The third kappa shape index (κ3) is 3.83. The number of hydrogen-bond acceptors (Lipinski definition) is 7. The van der Waals surface area contributed by atoms with Gasteiger partial charge < -0.3 is 20.5 Å². The van der Waals surface area contributed by atoms with Crippen molar-refractivity contribution in [1.82, 2.24) is 25.3 Å². The summed E-state index contributed by atoms with van der Waals surface area (Å²) in [5.41, 5.74) is 5.89. The molecule has 2 heterocycles. The lowest BCUT2D eigenvalue weighted by atomic mass is 10.2. The number of nitrogens with zero attached hydrogens (tertiary/aromatic N) is 4. The molecule has 124 valence electrons. The van der Waals surface area contributed by atoms with Gasteiger partial charge in [-0.3, -0.25) is 4.79 Å². The molecule has 0 spiro atoms. The van der Waals surface area contributed by atoms with Gasteiger partial charge in [0.15, 0.2) is 5.82 Å². The Morgan fingerprint density at radius 3 is 2.61 bits per heavy atom. The summed E-state index contributed by atoms with van der Waals surface area (Å²) in [4.78, 5) is 33.9. The highest BCUT2D eigenvalue weighted by Gasteiger charge is 2.22. The molecule has 2 rings (SSSR count). The zero-order valence-electron chi connectivity index (χ0n) is 13.3. The number of aryl methyl sites for hydroxylation is 2. The van der Waals surface area contributed by atoms with Gasteiger partial charge in [-0.2, -0.15) is 4.98 Å². The predicted octanol–water partition coefficient (Wildman–Crippen LogP) is 1.14. The summed E-state index contributed by atoms with van der Waals surface area (Å²) in [6.45, 7) is 5.84. The second-order valence-corrected chi connectivity index (χ2v) is 6.41. The molecule has 0 aromatic carbocycles. The van der Waals surface area contributed by atoms with Crippen LogP contribution in [-0.2, 0) is 6.54 Å². The van der Waals surface area contributed by atoms with E-state index in [4.69, 9.17) is 5.73 Å². The molecule has 0 aliphatic carbocycles. The van der Waals surface area contributed by atoms with Crippen molar-refractivity contribution in [2.75, 3.05) is 7.05 Å². The van der Waals surface area contributed by atoms with Crippen LogP contribution in [0, 0.1) is 13.8 Å². The molecule has 9 nitrogen and oxygen atoms in total. The largest absolute Gasteiger partial charge is 0.361 e. The quantitative estimate of drug-likeness (QED) is 0.841. The number of urea groups is 1. The molecular formula is C13H18N6O3S. The molecule has 10 heteroatoms. The van der Waals surface area contributed by atoms with Gasteiger partial charge in [-0.15, -0.1) is 11.3 Å². The van der Waals surface area contributed by atoms with Crippen LogP contribution in [-0.4, -0.2) is 39.0 Å². The average molecular weight is 338 g/mol. The van der Waals surface area contributed by atoms with Crippen molar-refractivity contribution in [3.63, 3.8) is 0 Å².